The molecule has 10 heteroatoms. The third-order valence-corrected chi connectivity index (χ3v) is 7.85. The number of hydrogen-bond donors (Lipinski definition) is 0. The number of carbonyl (C=O) groups excluding carboxylic acids is 1. The van der Waals surface area contributed by atoms with Crippen LogP contribution in [0.2, 0.25) is 10.0 Å². The fourth-order valence-electron chi connectivity index (χ4n) is 2.93. The van der Waals surface area contributed by atoms with Gasteiger partial charge in [0.1, 0.15) is 0 Å². The smallest absolute Gasteiger partial charge is 0.279 e. The Balaban J connectivity index is 1.95. The number of fused-ring (bicyclic) bond motifs is 1. The van der Waals surface area contributed by atoms with Gasteiger partial charge in [0.05, 0.1) is 20.1 Å². The monoisotopic (exact) mass is 495 g/mol. The Morgan fingerprint density at radius 1 is 1.16 bits per heavy atom. The number of sulfonamides is 1. The van der Waals surface area contributed by atoms with Gasteiger partial charge in [0, 0.05) is 30.7 Å². The molecule has 3 aromatic rings. The molecular weight excluding hydrogens is 477 g/mol. The molecule has 0 radical (unpaired) electrons. The van der Waals surface area contributed by atoms with E-state index in [1.165, 1.54) is 52.1 Å². The van der Waals surface area contributed by atoms with Crippen molar-refractivity contribution in [1.82, 2.24) is 8.87 Å². The number of thiazole rings is 1. The summed E-state index contributed by atoms with van der Waals surface area (Å²) in [4.78, 5) is 17.4. The molecule has 0 aliphatic heterocycles. The summed E-state index contributed by atoms with van der Waals surface area (Å²) < 4.78 is 29.3. The highest BCUT2D eigenvalue weighted by Gasteiger charge is 2.22. The average molecular weight is 496 g/mol. The van der Waals surface area contributed by atoms with Gasteiger partial charge in [-0.05, 0) is 36.4 Å². The standard InChI is InChI=1S/C21H19Cl2N3O3S2/c1-4-10-26(11-5-2)31(28,29)16-8-6-14(7-9-16)20(27)24-21-25(3)19-17(23)12-15(22)13-18(19)30-21/h4-9,12-13H,1-2,10-11H2,3H3. The lowest BCUT2D eigenvalue weighted by atomic mass is 10.2. The Labute approximate surface area is 194 Å². The SMILES string of the molecule is C=CCN(CC=C)S(=O)(=O)c1ccc(C(=O)N=c2sc3cc(Cl)cc(Cl)c3n2C)cc1. The van der Waals surface area contributed by atoms with Crippen molar-refractivity contribution in [2.75, 3.05) is 13.1 Å². The average Bonchev–Trinajstić information content (AvgIpc) is 3.03. The van der Waals surface area contributed by atoms with Gasteiger partial charge in [-0.2, -0.15) is 9.30 Å². The molecule has 0 N–H and O–H groups in total. The summed E-state index contributed by atoms with van der Waals surface area (Å²) in [5.41, 5.74) is 0.994. The summed E-state index contributed by atoms with van der Waals surface area (Å²) in [6.45, 7) is 7.48. The zero-order valence-corrected chi connectivity index (χ0v) is 19.7. The molecule has 0 aliphatic carbocycles. The topological polar surface area (TPSA) is 71.7 Å². The van der Waals surface area contributed by atoms with Gasteiger partial charge in [0.25, 0.3) is 5.91 Å². The molecule has 162 valence electrons. The Bertz CT molecular complexity index is 1330. The number of aromatic nitrogens is 1. The van der Waals surface area contributed by atoms with Crippen molar-refractivity contribution in [3.63, 3.8) is 0 Å². The van der Waals surface area contributed by atoms with E-state index in [1.54, 1.807) is 23.7 Å². The Hall–Kier alpha value is -2.23. The quantitative estimate of drug-likeness (QED) is 0.447. The summed E-state index contributed by atoms with van der Waals surface area (Å²) in [5.74, 6) is -0.498. The summed E-state index contributed by atoms with van der Waals surface area (Å²) in [6, 6.07) is 9.04. The Morgan fingerprint density at radius 2 is 1.77 bits per heavy atom. The number of rotatable bonds is 7. The molecule has 0 saturated heterocycles. The molecule has 1 amide bonds. The van der Waals surface area contributed by atoms with Gasteiger partial charge in [-0.15, -0.1) is 13.2 Å². The lowest BCUT2D eigenvalue weighted by Gasteiger charge is -2.19. The first-order valence-corrected chi connectivity index (χ1v) is 12.1. The predicted molar refractivity (Wildman–Crippen MR) is 126 cm³/mol. The molecule has 0 atom stereocenters. The number of nitrogens with zero attached hydrogens (tertiary/aromatic N) is 3. The second kappa shape index (κ2) is 9.50. The lowest BCUT2D eigenvalue weighted by Crippen LogP contribution is -2.31. The van der Waals surface area contributed by atoms with Crippen LogP contribution in [-0.4, -0.2) is 36.3 Å². The molecule has 0 fully saturated rings. The zero-order chi connectivity index (χ0) is 22.8. The van der Waals surface area contributed by atoms with E-state index in [2.05, 4.69) is 18.2 Å². The molecule has 6 nitrogen and oxygen atoms in total. The van der Waals surface area contributed by atoms with Gasteiger partial charge in [-0.25, -0.2) is 8.42 Å². The van der Waals surface area contributed by atoms with Crippen LogP contribution in [0.3, 0.4) is 0 Å². The normalized spacial score (nSPS) is 12.5. The zero-order valence-electron chi connectivity index (χ0n) is 16.6. The van der Waals surface area contributed by atoms with Gasteiger partial charge in [0.15, 0.2) is 4.80 Å². The van der Waals surface area contributed by atoms with Gasteiger partial charge in [-0.3, -0.25) is 4.79 Å². The minimum Gasteiger partial charge on any atom is -0.318 e. The van der Waals surface area contributed by atoms with E-state index in [0.29, 0.717) is 14.8 Å². The van der Waals surface area contributed by atoms with Crippen LogP contribution in [0.1, 0.15) is 10.4 Å². The second-order valence-electron chi connectivity index (χ2n) is 6.52. The molecular formula is C21H19Cl2N3O3S2. The van der Waals surface area contributed by atoms with Gasteiger partial charge in [-0.1, -0.05) is 46.7 Å². The largest absolute Gasteiger partial charge is 0.318 e. The maximum Gasteiger partial charge on any atom is 0.279 e. The number of aryl methyl sites for hydroxylation is 1. The van der Waals surface area contributed by atoms with Crippen LogP contribution in [0.4, 0.5) is 0 Å². The molecule has 0 spiro atoms. The maximum absolute atomic E-state index is 12.8. The van der Waals surface area contributed by atoms with Gasteiger partial charge >= 0.3 is 0 Å². The highest BCUT2D eigenvalue weighted by atomic mass is 35.5. The summed E-state index contributed by atoms with van der Waals surface area (Å²) in [6.07, 6.45) is 3.00. The number of halogens is 2. The number of hydrogen-bond acceptors (Lipinski definition) is 4. The van der Waals surface area contributed by atoms with Crippen molar-refractivity contribution in [3.8, 4) is 0 Å². The number of carbonyl (C=O) groups is 1. The highest BCUT2D eigenvalue weighted by Crippen LogP contribution is 2.29. The van der Waals surface area contributed by atoms with Gasteiger partial charge in [0.2, 0.25) is 10.0 Å². The minimum absolute atomic E-state index is 0.0709. The molecule has 3 rings (SSSR count). The number of amides is 1. The van der Waals surface area contributed by atoms with Gasteiger partial charge < -0.3 is 4.57 Å². The second-order valence-corrected chi connectivity index (χ2v) is 10.3. The van der Waals surface area contributed by atoms with Crippen LogP contribution >= 0.6 is 34.5 Å². The third-order valence-electron chi connectivity index (χ3n) is 4.42. The van der Waals surface area contributed by atoms with Crippen LogP contribution in [0.25, 0.3) is 10.2 Å². The van der Waals surface area contributed by atoms with Crippen LogP contribution < -0.4 is 4.80 Å². The van der Waals surface area contributed by atoms with E-state index in [1.807, 2.05) is 0 Å². The highest BCUT2D eigenvalue weighted by molar-refractivity contribution is 7.89. The molecule has 0 aliphatic rings. The molecule has 31 heavy (non-hydrogen) atoms. The molecule has 0 bridgehead atoms. The Kier molecular flexibility index (Phi) is 7.18. The summed E-state index contributed by atoms with van der Waals surface area (Å²) in [7, 11) is -1.98. The van der Waals surface area contributed by atoms with Crippen LogP contribution in [-0.2, 0) is 17.1 Å². The first-order chi connectivity index (χ1) is 14.7. The lowest BCUT2D eigenvalue weighted by molar-refractivity contribution is 0.0998. The van der Waals surface area contributed by atoms with Crippen LogP contribution in [0.15, 0.2) is 71.6 Å². The molecule has 0 saturated carbocycles. The number of benzene rings is 2. The van der Waals surface area contributed by atoms with Crippen LogP contribution in [0, 0.1) is 0 Å². The minimum atomic E-state index is -3.74. The van der Waals surface area contributed by atoms with Crippen molar-refractivity contribution < 1.29 is 13.2 Å². The van der Waals surface area contributed by atoms with E-state index in [-0.39, 0.29) is 23.5 Å². The molecule has 0 unspecified atom stereocenters. The van der Waals surface area contributed by atoms with Crippen molar-refractivity contribution in [2.45, 2.75) is 4.90 Å². The fourth-order valence-corrected chi connectivity index (χ4v) is 6.14. The van der Waals surface area contributed by atoms with Crippen molar-refractivity contribution in [1.29, 1.82) is 0 Å². The van der Waals surface area contributed by atoms with E-state index in [0.717, 1.165) is 10.2 Å². The first kappa shape index (κ1) is 23.4. The molecule has 2 aromatic carbocycles. The predicted octanol–water partition coefficient (Wildman–Crippen LogP) is 4.65. The molecule has 1 heterocycles. The van der Waals surface area contributed by atoms with Crippen molar-refractivity contribution in [2.24, 2.45) is 12.0 Å². The maximum atomic E-state index is 12.8. The van der Waals surface area contributed by atoms with Crippen molar-refractivity contribution in [3.05, 3.63) is 82.1 Å². The fraction of sp³-hybridized carbons (Fsp3) is 0.143. The Morgan fingerprint density at radius 3 is 2.35 bits per heavy atom. The van der Waals surface area contributed by atoms with Crippen LogP contribution in [0.5, 0.6) is 0 Å². The summed E-state index contributed by atoms with van der Waals surface area (Å²) >= 11 is 13.6. The van der Waals surface area contributed by atoms with E-state index < -0.39 is 15.9 Å². The van der Waals surface area contributed by atoms with E-state index >= 15 is 0 Å². The van der Waals surface area contributed by atoms with Crippen molar-refractivity contribution >= 4 is 60.7 Å². The van der Waals surface area contributed by atoms with E-state index in [4.69, 9.17) is 23.2 Å². The summed E-state index contributed by atoms with van der Waals surface area (Å²) in [5, 5.41) is 0.962. The third kappa shape index (κ3) is 4.83. The first-order valence-electron chi connectivity index (χ1n) is 9.04. The van der Waals surface area contributed by atoms with E-state index in [9.17, 15) is 13.2 Å². The molecule has 1 aromatic heterocycles.